The van der Waals surface area contributed by atoms with Gasteiger partial charge in [0.1, 0.15) is 0 Å². The monoisotopic (exact) mass is 347 g/mol. The van der Waals surface area contributed by atoms with Gasteiger partial charge in [-0.25, -0.2) is 13.1 Å². The smallest absolute Gasteiger partial charge is 0.240 e. The van der Waals surface area contributed by atoms with E-state index in [1.54, 1.807) is 24.3 Å². The standard InChI is InChI=1S/C18H21NO4S/c1-14-7-9-16(10-8-14)24(20,21)19-17(18-13-23-18)12-22-11-15-5-3-2-4-6-15/h2-10,17-19H,11-13H2,1H3/t17-,18-/m0/s1. The first kappa shape index (κ1) is 17.1. The van der Waals surface area contributed by atoms with Crippen LogP contribution in [0.3, 0.4) is 0 Å². The molecule has 0 unspecified atom stereocenters. The molecule has 0 radical (unpaired) electrons. The molecule has 0 amide bonds. The fourth-order valence-electron chi connectivity index (χ4n) is 2.37. The Morgan fingerprint density at radius 2 is 1.83 bits per heavy atom. The van der Waals surface area contributed by atoms with E-state index in [1.165, 1.54) is 0 Å². The lowest BCUT2D eigenvalue weighted by atomic mass is 10.2. The molecule has 2 aromatic carbocycles. The lowest BCUT2D eigenvalue weighted by Crippen LogP contribution is -2.42. The third kappa shape index (κ3) is 4.64. The van der Waals surface area contributed by atoms with Crippen LogP contribution in [0.4, 0.5) is 0 Å². The number of sulfonamides is 1. The van der Waals surface area contributed by atoms with Gasteiger partial charge in [-0.15, -0.1) is 0 Å². The molecule has 5 nitrogen and oxygen atoms in total. The molecule has 6 heteroatoms. The van der Waals surface area contributed by atoms with Crippen molar-refractivity contribution in [1.29, 1.82) is 0 Å². The van der Waals surface area contributed by atoms with E-state index in [-0.39, 0.29) is 23.6 Å². The van der Waals surface area contributed by atoms with Gasteiger partial charge < -0.3 is 9.47 Å². The number of rotatable bonds is 8. The number of hydrogen-bond donors (Lipinski definition) is 1. The van der Waals surface area contributed by atoms with E-state index in [0.717, 1.165) is 11.1 Å². The van der Waals surface area contributed by atoms with Gasteiger partial charge in [0.05, 0.1) is 36.9 Å². The molecule has 0 aromatic heterocycles. The van der Waals surface area contributed by atoms with E-state index in [4.69, 9.17) is 9.47 Å². The van der Waals surface area contributed by atoms with E-state index in [2.05, 4.69) is 4.72 Å². The zero-order valence-electron chi connectivity index (χ0n) is 13.5. The van der Waals surface area contributed by atoms with E-state index >= 15 is 0 Å². The molecular weight excluding hydrogens is 326 g/mol. The minimum Gasteiger partial charge on any atom is -0.375 e. The molecule has 1 N–H and O–H groups in total. The first-order valence-electron chi connectivity index (χ1n) is 7.87. The van der Waals surface area contributed by atoms with Gasteiger partial charge in [0.15, 0.2) is 0 Å². The Morgan fingerprint density at radius 3 is 2.46 bits per heavy atom. The Hall–Kier alpha value is -1.73. The van der Waals surface area contributed by atoms with Crippen molar-refractivity contribution in [2.45, 2.75) is 30.6 Å². The molecule has 2 atom stereocenters. The molecule has 24 heavy (non-hydrogen) atoms. The number of ether oxygens (including phenoxy) is 2. The molecule has 1 aliphatic rings. The van der Waals surface area contributed by atoms with E-state index < -0.39 is 10.0 Å². The topological polar surface area (TPSA) is 67.9 Å². The number of epoxide rings is 1. The summed E-state index contributed by atoms with van der Waals surface area (Å²) in [6.45, 7) is 3.18. The van der Waals surface area contributed by atoms with Gasteiger partial charge in [-0.05, 0) is 24.6 Å². The summed E-state index contributed by atoms with van der Waals surface area (Å²) < 4.78 is 38.6. The van der Waals surface area contributed by atoms with Gasteiger partial charge in [-0.2, -0.15) is 0 Å². The van der Waals surface area contributed by atoms with Crippen molar-refractivity contribution in [3.05, 3.63) is 65.7 Å². The molecule has 128 valence electrons. The SMILES string of the molecule is Cc1ccc(S(=O)(=O)N[C@@H](COCc2ccccc2)[C@@H]2CO2)cc1. The van der Waals surface area contributed by atoms with Crippen molar-refractivity contribution >= 4 is 10.0 Å². The average molecular weight is 347 g/mol. The molecule has 0 aliphatic carbocycles. The molecule has 1 aliphatic heterocycles. The maximum atomic E-state index is 12.5. The van der Waals surface area contributed by atoms with Crippen molar-refractivity contribution in [3.63, 3.8) is 0 Å². The quantitative estimate of drug-likeness (QED) is 0.744. The third-order valence-corrected chi connectivity index (χ3v) is 5.36. The zero-order valence-corrected chi connectivity index (χ0v) is 14.3. The van der Waals surface area contributed by atoms with Gasteiger partial charge in [0.25, 0.3) is 0 Å². The van der Waals surface area contributed by atoms with Gasteiger partial charge in [0, 0.05) is 0 Å². The highest BCUT2D eigenvalue weighted by Gasteiger charge is 2.36. The molecule has 3 rings (SSSR count). The summed E-state index contributed by atoms with van der Waals surface area (Å²) in [4.78, 5) is 0.252. The van der Waals surface area contributed by atoms with Crippen molar-refractivity contribution in [2.75, 3.05) is 13.2 Å². The lowest BCUT2D eigenvalue weighted by molar-refractivity contribution is 0.0961. The summed E-state index contributed by atoms with van der Waals surface area (Å²) in [6, 6.07) is 16.2. The van der Waals surface area contributed by atoms with Gasteiger partial charge in [-0.1, -0.05) is 48.0 Å². The van der Waals surface area contributed by atoms with E-state index in [9.17, 15) is 8.42 Å². The van der Waals surface area contributed by atoms with E-state index in [1.807, 2.05) is 37.3 Å². The van der Waals surface area contributed by atoms with Crippen molar-refractivity contribution in [2.24, 2.45) is 0 Å². The highest BCUT2D eigenvalue weighted by Crippen LogP contribution is 2.18. The summed E-state index contributed by atoms with van der Waals surface area (Å²) in [6.07, 6.45) is -0.124. The van der Waals surface area contributed by atoms with Crippen LogP contribution in [0.1, 0.15) is 11.1 Å². The molecule has 2 aromatic rings. The second-order valence-corrected chi connectivity index (χ2v) is 7.63. The van der Waals surface area contributed by atoms with Crippen LogP contribution in [-0.4, -0.2) is 33.8 Å². The Morgan fingerprint density at radius 1 is 1.17 bits per heavy atom. The maximum absolute atomic E-state index is 12.5. The Kier molecular flexibility index (Phi) is 5.30. The number of aryl methyl sites for hydroxylation is 1. The van der Waals surface area contributed by atoms with Crippen LogP contribution >= 0.6 is 0 Å². The predicted octanol–water partition coefficient (Wildman–Crippen LogP) is 2.26. The minimum atomic E-state index is -3.59. The van der Waals surface area contributed by atoms with Crippen molar-refractivity contribution < 1.29 is 17.9 Å². The summed E-state index contributed by atoms with van der Waals surface area (Å²) >= 11 is 0. The average Bonchev–Trinajstić information content (AvgIpc) is 3.40. The first-order valence-corrected chi connectivity index (χ1v) is 9.35. The van der Waals surface area contributed by atoms with Gasteiger partial charge in [-0.3, -0.25) is 0 Å². The Balaban J connectivity index is 1.60. The highest BCUT2D eigenvalue weighted by molar-refractivity contribution is 7.89. The van der Waals surface area contributed by atoms with Gasteiger partial charge >= 0.3 is 0 Å². The summed E-state index contributed by atoms with van der Waals surface area (Å²) in [5, 5.41) is 0. The fourth-order valence-corrected chi connectivity index (χ4v) is 3.62. The molecule has 1 saturated heterocycles. The normalized spacial score (nSPS) is 18.3. The van der Waals surface area contributed by atoms with Crippen LogP contribution in [0.5, 0.6) is 0 Å². The molecule has 1 fully saturated rings. The van der Waals surface area contributed by atoms with Crippen LogP contribution in [0.15, 0.2) is 59.5 Å². The third-order valence-electron chi connectivity index (χ3n) is 3.85. The Labute approximate surface area is 142 Å². The Bertz CT molecular complexity index is 755. The number of hydrogen-bond acceptors (Lipinski definition) is 4. The van der Waals surface area contributed by atoms with Crippen LogP contribution in [-0.2, 0) is 26.1 Å². The van der Waals surface area contributed by atoms with Gasteiger partial charge in [0.2, 0.25) is 10.0 Å². The minimum absolute atomic E-state index is 0.124. The molecule has 1 heterocycles. The first-order chi connectivity index (χ1) is 11.5. The van der Waals surface area contributed by atoms with Crippen LogP contribution < -0.4 is 4.72 Å². The lowest BCUT2D eigenvalue weighted by Gasteiger charge is -2.17. The molecule has 0 saturated carbocycles. The van der Waals surface area contributed by atoms with Crippen molar-refractivity contribution in [1.82, 2.24) is 4.72 Å². The molecular formula is C18H21NO4S. The summed E-state index contributed by atoms with van der Waals surface area (Å²) in [5.41, 5.74) is 2.07. The highest BCUT2D eigenvalue weighted by atomic mass is 32.2. The fraction of sp³-hybridized carbons (Fsp3) is 0.333. The number of benzene rings is 2. The van der Waals surface area contributed by atoms with Crippen LogP contribution in [0, 0.1) is 6.92 Å². The van der Waals surface area contributed by atoms with E-state index in [0.29, 0.717) is 13.2 Å². The number of nitrogens with one attached hydrogen (secondary N) is 1. The second kappa shape index (κ2) is 7.44. The zero-order chi connectivity index (χ0) is 17.0. The predicted molar refractivity (Wildman–Crippen MR) is 91.1 cm³/mol. The van der Waals surface area contributed by atoms with Crippen LogP contribution in [0.2, 0.25) is 0 Å². The molecule has 0 bridgehead atoms. The van der Waals surface area contributed by atoms with Crippen LogP contribution in [0.25, 0.3) is 0 Å². The largest absolute Gasteiger partial charge is 0.375 e. The summed E-state index contributed by atoms with van der Waals surface area (Å²) in [7, 11) is -3.59. The molecule has 0 spiro atoms. The van der Waals surface area contributed by atoms with Crippen molar-refractivity contribution in [3.8, 4) is 0 Å². The maximum Gasteiger partial charge on any atom is 0.240 e. The summed E-state index contributed by atoms with van der Waals surface area (Å²) in [5.74, 6) is 0. The second-order valence-electron chi connectivity index (χ2n) is 5.91.